The molecule has 0 aliphatic rings. The molecule has 1 unspecified atom stereocenters. The minimum Gasteiger partial charge on any atom is -0.462 e. The number of ether oxygens (including phenoxy) is 2. The number of hydrogen-bond acceptors (Lipinski definition) is 6. The molecule has 1 atom stereocenters. The largest absolute Gasteiger partial charge is 0.462 e. The minimum atomic E-state index is -0.381. The van der Waals surface area contributed by atoms with Crippen molar-refractivity contribution < 1.29 is 19.1 Å². The first-order valence-corrected chi connectivity index (χ1v) is 18.7. The van der Waals surface area contributed by atoms with Gasteiger partial charge in [-0.05, 0) is 71.1 Å². The molecule has 0 bridgehead atoms. The lowest BCUT2D eigenvalue weighted by atomic mass is 10.1. The summed E-state index contributed by atoms with van der Waals surface area (Å²) in [5, 5.41) is 0. The number of allylic oxidation sites excluding steroid dienone is 4. The molecular formula is C39H78N2O4. The Morgan fingerprint density at radius 3 is 1.16 bits per heavy atom. The second kappa shape index (κ2) is 40.4. The molecule has 6 N–H and O–H groups in total. The van der Waals surface area contributed by atoms with E-state index < -0.39 is 0 Å². The van der Waals surface area contributed by atoms with Crippen LogP contribution in [0.1, 0.15) is 201 Å². The van der Waals surface area contributed by atoms with E-state index in [0.29, 0.717) is 12.8 Å². The first-order valence-electron chi connectivity index (χ1n) is 18.7. The number of carbonyl (C=O) groups is 2. The molecule has 0 aliphatic heterocycles. The zero-order valence-electron chi connectivity index (χ0n) is 30.4. The van der Waals surface area contributed by atoms with Crippen LogP contribution in [-0.2, 0) is 19.1 Å². The van der Waals surface area contributed by atoms with Crippen molar-refractivity contribution in [3.63, 3.8) is 0 Å². The van der Waals surface area contributed by atoms with E-state index in [1.807, 2.05) is 0 Å². The van der Waals surface area contributed by atoms with Crippen LogP contribution in [0.4, 0.5) is 0 Å². The quantitative estimate of drug-likeness (QED) is 0.0419. The lowest BCUT2D eigenvalue weighted by molar-refractivity contribution is -0.158. The molecule has 0 saturated carbocycles. The van der Waals surface area contributed by atoms with E-state index in [9.17, 15) is 9.59 Å². The monoisotopic (exact) mass is 639 g/mol. The Hall–Kier alpha value is -1.66. The first kappa shape index (κ1) is 47.7. The summed E-state index contributed by atoms with van der Waals surface area (Å²) in [5.41, 5.74) is 0. The summed E-state index contributed by atoms with van der Waals surface area (Å²) in [6, 6.07) is 0. The van der Waals surface area contributed by atoms with Gasteiger partial charge in [0, 0.05) is 12.8 Å². The van der Waals surface area contributed by atoms with Crippen molar-refractivity contribution >= 4 is 11.9 Å². The Balaban J connectivity index is -0.00000882. The van der Waals surface area contributed by atoms with Gasteiger partial charge in [-0.25, -0.2) is 0 Å². The van der Waals surface area contributed by atoms with Crippen LogP contribution in [0.2, 0.25) is 0 Å². The average molecular weight is 639 g/mol. The van der Waals surface area contributed by atoms with E-state index in [2.05, 4.69) is 38.2 Å². The Morgan fingerprint density at radius 2 is 0.778 bits per heavy atom. The van der Waals surface area contributed by atoms with Gasteiger partial charge in [0.2, 0.25) is 0 Å². The third kappa shape index (κ3) is 40.3. The SMILES string of the molecule is CCCCCCCC/C=C\CCCCCCCC(=O)OCC(C)OC(=O)CCCCCCC/C=C\CCCCCCCC.N.N. The van der Waals surface area contributed by atoms with Gasteiger partial charge in [-0.15, -0.1) is 0 Å². The van der Waals surface area contributed by atoms with Crippen molar-refractivity contribution in [1.82, 2.24) is 12.3 Å². The van der Waals surface area contributed by atoms with Crippen molar-refractivity contribution in [2.24, 2.45) is 0 Å². The Labute approximate surface area is 280 Å². The Bertz CT molecular complexity index is 665. The number of unbranched alkanes of at least 4 members (excludes halogenated alkanes) is 22. The molecule has 0 aliphatic carbocycles. The molecule has 0 aromatic rings. The van der Waals surface area contributed by atoms with Crippen LogP contribution in [0.25, 0.3) is 0 Å². The second-order valence-electron chi connectivity index (χ2n) is 12.7. The van der Waals surface area contributed by atoms with Crippen LogP contribution in [0.3, 0.4) is 0 Å². The maximum absolute atomic E-state index is 12.1. The van der Waals surface area contributed by atoms with Gasteiger partial charge in [-0.3, -0.25) is 9.59 Å². The highest BCUT2D eigenvalue weighted by molar-refractivity contribution is 5.70. The zero-order valence-corrected chi connectivity index (χ0v) is 30.4. The van der Waals surface area contributed by atoms with Gasteiger partial charge in [0.15, 0.2) is 0 Å². The van der Waals surface area contributed by atoms with Crippen molar-refractivity contribution in [2.75, 3.05) is 6.61 Å². The van der Waals surface area contributed by atoms with Crippen molar-refractivity contribution in [3.8, 4) is 0 Å². The molecule has 0 heterocycles. The summed E-state index contributed by atoms with van der Waals surface area (Å²) in [6.07, 6.45) is 42.2. The van der Waals surface area contributed by atoms with Crippen molar-refractivity contribution in [2.45, 2.75) is 207 Å². The average Bonchev–Trinajstić information content (AvgIpc) is 3.00. The molecule has 0 amide bonds. The molecule has 6 nitrogen and oxygen atoms in total. The highest BCUT2D eigenvalue weighted by Gasteiger charge is 2.12. The van der Waals surface area contributed by atoms with Crippen molar-refractivity contribution in [1.29, 1.82) is 0 Å². The molecule has 0 spiro atoms. The fraction of sp³-hybridized carbons (Fsp3) is 0.846. The molecule has 0 aromatic heterocycles. The summed E-state index contributed by atoms with van der Waals surface area (Å²) in [6.45, 7) is 6.48. The maximum atomic E-state index is 12.1. The fourth-order valence-corrected chi connectivity index (χ4v) is 5.28. The maximum Gasteiger partial charge on any atom is 0.306 e. The molecule has 6 heteroatoms. The van der Waals surface area contributed by atoms with Gasteiger partial charge >= 0.3 is 11.9 Å². The van der Waals surface area contributed by atoms with Gasteiger partial charge < -0.3 is 21.8 Å². The molecule has 268 valence electrons. The number of esters is 2. The molecule has 0 saturated heterocycles. The highest BCUT2D eigenvalue weighted by atomic mass is 16.6. The molecule has 0 rings (SSSR count). The smallest absolute Gasteiger partial charge is 0.306 e. The van der Waals surface area contributed by atoms with Crippen LogP contribution in [-0.4, -0.2) is 24.6 Å². The molecule has 0 aromatic carbocycles. The normalized spacial score (nSPS) is 11.8. The molecule has 45 heavy (non-hydrogen) atoms. The first-order chi connectivity index (χ1) is 21.1. The summed E-state index contributed by atoms with van der Waals surface area (Å²) >= 11 is 0. The topological polar surface area (TPSA) is 123 Å². The standard InChI is InChI=1S/C39H72O4.2H3N/c1-4-6-8-10-12-14-16-18-20-22-24-26-28-30-32-34-38(40)42-36-37(3)43-39(41)35-33-31-29-27-25-23-21-19-17-15-13-11-9-7-5-2;;/h18-21,37H,4-17,22-36H2,1-3H3;2*1H3/b20-18-,21-19-;;. The molecule has 0 fully saturated rings. The van der Waals surface area contributed by atoms with E-state index >= 15 is 0 Å². The Morgan fingerprint density at radius 1 is 0.467 bits per heavy atom. The van der Waals surface area contributed by atoms with E-state index in [1.54, 1.807) is 6.92 Å². The van der Waals surface area contributed by atoms with Gasteiger partial charge in [0.1, 0.15) is 12.7 Å². The third-order valence-electron chi connectivity index (χ3n) is 8.10. The van der Waals surface area contributed by atoms with Gasteiger partial charge in [-0.2, -0.15) is 0 Å². The number of rotatable bonds is 33. The Kier molecular flexibility index (Phi) is 42.8. The molecule has 0 radical (unpaired) electrons. The van der Waals surface area contributed by atoms with Crippen LogP contribution in [0.5, 0.6) is 0 Å². The molecular weight excluding hydrogens is 560 g/mol. The van der Waals surface area contributed by atoms with Crippen molar-refractivity contribution in [3.05, 3.63) is 24.3 Å². The van der Waals surface area contributed by atoms with E-state index in [1.165, 1.54) is 141 Å². The summed E-state index contributed by atoms with van der Waals surface area (Å²) in [5.74, 6) is -0.365. The van der Waals surface area contributed by atoms with E-state index in [-0.39, 0.29) is 37.0 Å². The lowest BCUT2D eigenvalue weighted by Gasteiger charge is -2.13. The van der Waals surface area contributed by atoms with Gasteiger partial charge in [0.05, 0.1) is 0 Å². The van der Waals surface area contributed by atoms with Crippen LogP contribution in [0.15, 0.2) is 24.3 Å². The second-order valence-corrected chi connectivity index (χ2v) is 12.7. The van der Waals surface area contributed by atoms with E-state index in [4.69, 9.17) is 9.47 Å². The number of carbonyl (C=O) groups excluding carboxylic acids is 2. The van der Waals surface area contributed by atoms with Crippen LogP contribution in [0, 0.1) is 0 Å². The van der Waals surface area contributed by atoms with E-state index in [0.717, 1.165) is 25.7 Å². The van der Waals surface area contributed by atoms with Gasteiger partial charge in [0.25, 0.3) is 0 Å². The summed E-state index contributed by atoms with van der Waals surface area (Å²) in [4.78, 5) is 24.1. The highest BCUT2D eigenvalue weighted by Crippen LogP contribution is 2.12. The van der Waals surface area contributed by atoms with Gasteiger partial charge in [-0.1, -0.05) is 141 Å². The van der Waals surface area contributed by atoms with Crippen LogP contribution < -0.4 is 12.3 Å². The fourth-order valence-electron chi connectivity index (χ4n) is 5.28. The predicted octanol–water partition coefficient (Wildman–Crippen LogP) is 12.9. The number of hydrogen-bond donors (Lipinski definition) is 2. The van der Waals surface area contributed by atoms with Crippen LogP contribution >= 0.6 is 0 Å². The lowest BCUT2D eigenvalue weighted by Crippen LogP contribution is -2.22. The zero-order chi connectivity index (χ0) is 31.5. The summed E-state index contributed by atoms with van der Waals surface area (Å²) < 4.78 is 10.7. The predicted molar refractivity (Wildman–Crippen MR) is 195 cm³/mol. The minimum absolute atomic E-state index is 0. The third-order valence-corrected chi connectivity index (χ3v) is 8.10. The summed E-state index contributed by atoms with van der Waals surface area (Å²) in [7, 11) is 0.